The summed E-state index contributed by atoms with van der Waals surface area (Å²) in [5.41, 5.74) is 1.45. The van der Waals surface area contributed by atoms with Gasteiger partial charge in [0.15, 0.2) is 0 Å². The van der Waals surface area contributed by atoms with Crippen LogP contribution in [-0.2, 0) is 0 Å². The monoisotopic (exact) mass is 285 g/mol. The minimum absolute atomic E-state index is 0.321. The van der Waals surface area contributed by atoms with Gasteiger partial charge in [-0.05, 0) is 36.4 Å². The van der Waals surface area contributed by atoms with Crippen LogP contribution in [0.1, 0.15) is 20.7 Å². The molecule has 2 aromatic carbocycles. The molecule has 0 aliphatic heterocycles. The first-order chi connectivity index (χ1) is 10.2. The highest BCUT2D eigenvalue weighted by Crippen LogP contribution is 2.29. The molecule has 0 saturated carbocycles. The largest absolute Gasteiger partial charge is 0.496 e. The fraction of sp³-hybridized carbons (Fsp3) is 0.125. The van der Waals surface area contributed by atoms with Gasteiger partial charge in [-0.1, -0.05) is 6.07 Å². The Bertz CT molecular complexity index is 628. The van der Waals surface area contributed by atoms with E-state index in [2.05, 4.69) is 5.32 Å². The summed E-state index contributed by atoms with van der Waals surface area (Å²) < 4.78 is 10.4. The summed E-state index contributed by atoms with van der Waals surface area (Å²) in [5.74, 6) is 0.510. The number of nitrogens with one attached hydrogen (secondary N) is 1. The standard InChI is InChI=1S/C16H15NO4/c1-20-13-4-3-5-14(21-2)15(13)16(19)17-12-8-6-11(10-18)7-9-12/h3-10H,1-2H3,(H,17,19). The lowest BCUT2D eigenvalue weighted by Crippen LogP contribution is -2.14. The molecule has 21 heavy (non-hydrogen) atoms. The van der Waals surface area contributed by atoms with Crippen LogP contribution < -0.4 is 14.8 Å². The Kier molecular flexibility index (Phi) is 4.56. The Morgan fingerprint density at radius 3 is 2.05 bits per heavy atom. The fourth-order valence-electron chi connectivity index (χ4n) is 1.91. The maximum absolute atomic E-state index is 12.4. The molecule has 0 unspecified atom stereocenters. The van der Waals surface area contributed by atoms with Crippen molar-refractivity contribution in [3.8, 4) is 11.5 Å². The van der Waals surface area contributed by atoms with Gasteiger partial charge in [-0.2, -0.15) is 0 Å². The van der Waals surface area contributed by atoms with Crippen LogP contribution in [0.3, 0.4) is 0 Å². The van der Waals surface area contributed by atoms with Gasteiger partial charge >= 0.3 is 0 Å². The Morgan fingerprint density at radius 1 is 1.00 bits per heavy atom. The van der Waals surface area contributed by atoms with E-state index in [9.17, 15) is 9.59 Å². The summed E-state index contributed by atoms with van der Waals surface area (Å²) in [7, 11) is 2.98. The topological polar surface area (TPSA) is 64.6 Å². The number of carbonyl (C=O) groups is 2. The molecule has 0 bridgehead atoms. The molecular weight excluding hydrogens is 270 g/mol. The summed E-state index contributed by atoms with van der Waals surface area (Å²) in [4.78, 5) is 23.0. The molecule has 108 valence electrons. The average molecular weight is 285 g/mol. The highest BCUT2D eigenvalue weighted by atomic mass is 16.5. The molecule has 0 aromatic heterocycles. The molecule has 0 heterocycles. The number of hydrogen-bond donors (Lipinski definition) is 1. The number of methoxy groups -OCH3 is 2. The summed E-state index contributed by atoms with van der Waals surface area (Å²) in [6.07, 6.45) is 0.745. The molecule has 2 aromatic rings. The van der Waals surface area contributed by atoms with Crippen molar-refractivity contribution in [3.05, 3.63) is 53.6 Å². The van der Waals surface area contributed by atoms with Crippen molar-refractivity contribution < 1.29 is 19.1 Å². The van der Waals surface area contributed by atoms with Gasteiger partial charge < -0.3 is 14.8 Å². The van der Waals surface area contributed by atoms with Crippen LogP contribution >= 0.6 is 0 Å². The van der Waals surface area contributed by atoms with Crippen LogP contribution in [0.4, 0.5) is 5.69 Å². The highest BCUT2D eigenvalue weighted by molar-refractivity contribution is 6.08. The Labute approximate surface area is 122 Å². The van der Waals surface area contributed by atoms with Crippen LogP contribution in [-0.4, -0.2) is 26.4 Å². The molecule has 0 saturated heterocycles. The minimum atomic E-state index is -0.344. The number of amides is 1. The van der Waals surface area contributed by atoms with Crippen LogP contribution in [0.15, 0.2) is 42.5 Å². The molecule has 5 heteroatoms. The molecule has 2 rings (SSSR count). The SMILES string of the molecule is COc1cccc(OC)c1C(=O)Nc1ccc(C=O)cc1. The highest BCUT2D eigenvalue weighted by Gasteiger charge is 2.18. The number of rotatable bonds is 5. The summed E-state index contributed by atoms with van der Waals surface area (Å²) >= 11 is 0. The van der Waals surface area contributed by atoms with Crippen molar-refractivity contribution in [2.24, 2.45) is 0 Å². The molecule has 0 atom stereocenters. The van der Waals surface area contributed by atoms with Crippen molar-refractivity contribution in [2.45, 2.75) is 0 Å². The van der Waals surface area contributed by atoms with Crippen molar-refractivity contribution >= 4 is 17.9 Å². The smallest absolute Gasteiger partial charge is 0.263 e. The Balaban J connectivity index is 2.29. The molecule has 1 N–H and O–H groups in total. The Morgan fingerprint density at radius 2 is 1.57 bits per heavy atom. The molecule has 5 nitrogen and oxygen atoms in total. The molecule has 0 radical (unpaired) electrons. The number of hydrogen-bond acceptors (Lipinski definition) is 4. The average Bonchev–Trinajstić information content (AvgIpc) is 2.54. The molecule has 0 fully saturated rings. The molecule has 0 aliphatic rings. The van der Waals surface area contributed by atoms with E-state index in [4.69, 9.17) is 9.47 Å². The zero-order valence-corrected chi connectivity index (χ0v) is 11.8. The molecule has 0 spiro atoms. The first-order valence-corrected chi connectivity index (χ1v) is 6.27. The summed E-state index contributed by atoms with van der Waals surface area (Å²) in [5, 5.41) is 2.74. The van der Waals surface area contributed by atoms with E-state index in [0.29, 0.717) is 28.3 Å². The van der Waals surface area contributed by atoms with E-state index < -0.39 is 0 Å². The second kappa shape index (κ2) is 6.56. The summed E-state index contributed by atoms with van der Waals surface area (Å²) in [6, 6.07) is 11.7. The molecular formula is C16H15NO4. The Hall–Kier alpha value is -2.82. The normalized spacial score (nSPS) is 9.81. The third-order valence-corrected chi connectivity index (χ3v) is 2.96. The third kappa shape index (κ3) is 3.20. The van der Waals surface area contributed by atoms with E-state index >= 15 is 0 Å². The number of anilines is 1. The third-order valence-electron chi connectivity index (χ3n) is 2.96. The second-order valence-corrected chi connectivity index (χ2v) is 4.23. The van der Waals surface area contributed by atoms with Gasteiger partial charge in [0.05, 0.1) is 14.2 Å². The lowest BCUT2D eigenvalue weighted by Gasteiger charge is -2.13. The van der Waals surface area contributed by atoms with E-state index in [1.807, 2.05) is 0 Å². The van der Waals surface area contributed by atoms with Crippen LogP contribution in [0.5, 0.6) is 11.5 Å². The van der Waals surface area contributed by atoms with Gasteiger partial charge in [0.1, 0.15) is 23.3 Å². The summed E-state index contributed by atoms with van der Waals surface area (Å²) in [6.45, 7) is 0. The van der Waals surface area contributed by atoms with E-state index in [-0.39, 0.29) is 5.91 Å². The lowest BCUT2D eigenvalue weighted by molar-refractivity contribution is 0.102. The van der Waals surface area contributed by atoms with Crippen molar-refractivity contribution in [1.29, 1.82) is 0 Å². The van der Waals surface area contributed by atoms with Crippen LogP contribution in [0.2, 0.25) is 0 Å². The first-order valence-electron chi connectivity index (χ1n) is 6.27. The van der Waals surface area contributed by atoms with Gasteiger partial charge in [0.2, 0.25) is 0 Å². The van der Waals surface area contributed by atoms with E-state index in [0.717, 1.165) is 6.29 Å². The predicted molar refractivity (Wildman–Crippen MR) is 79.3 cm³/mol. The van der Waals surface area contributed by atoms with Crippen LogP contribution in [0.25, 0.3) is 0 Å². The van der Waals surface area contributed by atoms with Gasteiger partial charge in [-0.25, -0.2) is 0 Å². The van der Waals surface area contributed by atoms with Crippen molar-refractivity contribution in [1.82, 2.24) is 0 Å². The zero-order valence-electron chi connectivity index (χ0n) is 11.8. The minimum Gasteiger partial charge on any atom is -0.496 e. The molecule has 0 aliphatic carbocycles. The van der Waals surface area contributed by atoms with Gasteiger partial charge in [-0.15, -0.1) is 0 Å². The van der Waals surface area contributed by atoms with Crippen molar-refractivity contribution in [3.63, 3.8) is 0 Å². The first kappa shape index (κ1) is 14.6. The number of carbonyl (C=O) groups excluding carboxylic acids is 2. The number of aldehydes is 1. The second-order valence-electron chi connectivity index (χ2n) is 4.23. The van der Waals surface area contributed by atoms with Gasteiger partial charge in [0, 0.05) is 11.3 Å². The maximum atomic E-state index is 12.4. The van der Waals surface area contributed by atoms with Crippen LogP contribution in [0, 0.1) is 0 Å². The quantitative estimate of drug-likeness (QED) is 0.858. The lowest BCUT2D eigenvalue weighted by atomic mass is 10.1. The van der Waals surface area contributed by atoms with E-state index in [1.165, 1.54) is 14.2 Å². The predicted octanol–water partition coefficient (Wildman–Crippen LogP) is 2.77. The number of ether oxygens (including phenoxy) is 2. The van der Waals surface area contributed by atoms with Gasteiger partial charge in [0.25, 0.3) is 5.91 Å². The van der Waals surface area contributed by atoms with Gasteiger partial charge in [-0.3, -0.25) is 9.59 Å². The maximum Gasteiger partial charge on any atom is 0.263 e. The van der Waals surface area contributed by atoms with E-state index in [1.54, 1.807) is 42.5 Å². The number of benzene rings is 2. The molecule has 1 amide bonds. The fourth-order valence-corrected chi connectivity index (χ4v) is 1.91. The van der Waals surface area contributed by atoms with Crippen molar-refractivity contribution in [2.75, 3.05) is 19.5 Å². The zero-order chi connectivity index (χ0) is 15.2.